The van der Waals surface area contributed by atoms with Crippen LogP contribution in [0.25, 0.3) is 22.3 Å². The molecule has 0 amide bonds. The molecule has 0 spiro atoms. The average molecular weight is 451 g/mol. The molecular formula is C25H26FN3O4. The van der Waals surface area contributed by atoms with Crippen molar-refractivity contribution in [2.75, 3.05) is 0 Å². The van der Waals surface area contributed by atoms with Crippen LogP contribution in [0.3, 0.4) is 0 Å². The third-order valence-electron chi connectivity index (χ3n) is 7.05. The Balaban J connectivity index is 0.00000111. The normalized spacial score (nSPS) is 22.2. The van der Waals surface area contributed by atoms with E-state index in [9.17, 15) is 19.1 Å². The summed E-state index contributed by atoms with van der Waals surface area (Å²) in [5.74, 6) is -1.11. The van der Waals surface area contributed by atoms with Gasteiger partial charge in [-0.25, -0.2) is 14.2 Å². The van der Waals surface area contributed by atoms with E-state index in [4.69, 9.17) is 15.5 Å². The molecule has 0 saturated heterocycles. The summed E-state index contributed by atoms with van der Waals surface area (Å²) in [6.45, 7) is 7.19. The standard InChI is InChI=1S/C23H20FN3O4.C2H6/c1-9-10-3-4-15(25)18-11-7-27-17(20(11)26-16(19(10)18)6-14(9)24)5-13-12(21(27)28)8-31-22(29)23(13,2)30;1-2/h5-6,15,30H,3-4,7-8,25H2,1-2H3;1-2H3/t15-,23-;/m0./s1. The largest absolute Gasteiger partial charge is 0.458 e. The summed E-state index contributed by atoms with van der Waals surface area (Å²) < 4.78 is 21.2. The third kappa shape index (κ3) is 2.77. The van der Waals surface area contributed by atoms with Crippen LogP contribution in [-0.4, -0.2) is 20.6 Å². The number of benzene rings is 1. The second kappa shape index (κ2) is 7.20. The van der Waals surface area contributed by atoms with Gasteiger partial charge in [0.25, 0.3) is 5.56 Å². The molecule has 3 aliphatic rings. The molecule has 0 saturated carbocycles. The number of carbonyl (C=O) groups is 1. The maximum absolute atomic E-state index is 14.6. The number of aryl methyl sites for hydroxylation is 1. The van der Waals surface area contributed by atoms with Gasteiger partial charge in [0.15, 0.2) is 5.60 Å². The Hall–Kier alpha value is -3.10. The summed E-state index contributed by atoms with van der Waals surface area (Å²) >= 11 is 0. The first-order valence-electron chi connectivity index (χ1n) is 11.3. The molecule has 3 aromatic rings. The molecule has 2 aromatic heterocycles. The Morgan fingerprint density at radius 1 is 1.24 bits per heavy atom. The minimum Gasteiger partial charge on any atom is -0.458 e. The Morgan fingerprint density at radius 2 is 1.97 bits per heavy atom. The quantitative estimate of drug-likeness (QED) is 0.398. The lowest BCUT2D eigenvalue weighted by Crippen LogP contribution is -2.42. The highest BCUT2D eigenvalue weighted by molar-refractivity contribution is 5.93. The number of carbonyl (C=O) groups excluding carboxylic acids is 1. The summed E-state index contributed by atoms with van der Waals surface area (Å²) in [6, 6.07) is 2.81. The fourth-order valence-electron chi connectivity index (χ4n) is 5.34. The van der Waals surface area contributed by atoms with Crippen molar-refractivity contribution in [1.29, 1.82) is 0 Å². The zero-order valence-electron chi connectivity index (χ0n) is 19.1. The summed E-state index contributed by atoms with van der Waals surface area (Å²) in [6.07, 6.45) is 1.36. The molecule has 8 heteroatoms. The third-order valence-corrected chi connectivity index (χ3v) is 7.05. The number of pyridine rings is 2. The summed E-state index contributed by atoms with van der Waals surface area (Å²) in [7, 11) is 0. The van der Waals surface area contributed by atoms with Crippen LogP contribution >= 0.6 is 0 Å². The molecule has 0 fully saturated rings. The number of hydrogen-bond donors (Lipinski definition) is 2. The fourth-order valence-corrected chi connectivity index (χ4v) is 5.34. The minimum absolute atomic E-state index is 0.184. The first kappa shape index (κ1) is 21.7. The molecule has 1 aromatic carbocycles. The zero-order valence-corrected chi connectivity index (χ0v) is 19.1. The van der Waals surface area contributed by atoms with Crippen molar-refractivity contribution in [2.24, 2.45) is 5.73 Å². The highest BCUT2D eigenvalue weighted by atomic mass is 19.1. The minimum atomic E-state index is -1.93. The number of ether oxygens (including phenoxy) is 1. The predicted molar refractivity (Wildman–Crippen MR) is 121 cm³/mol. The van der Waals surface area contributed by atoms with E-state index < -0.39 is 11.6 Å². The topological polar surface area (TPSA) is 107 Å². The number of nitrogens with two attached hydrogens (primary N) is 1. The monoisotopic (exact) mass is 451 g/mol. The van der Waals surface area contributed by atoms with Gasteiger partial charge in [-0.2, -0.15) is 0 Å². The fraction of sp³-hybridized carbons (Fsp3) is 0.400. The van der Waals surface area contributed by atoms with Crippen molar-refractivity contribution in [2.45, 2.75) is 65.3 Å². The van der Waals surface area contributed by atoms with Crippen LogP contribution in [0.1, 0.15) is 66.6 Å². The van der Waals surface area contributed by atoms with Crippen LogP contribution in [-0.2, 0) is 34.7 Å². The van der Waals surface area contributed by atoms with E-state index in [0.29, 0.717) is 35.3 Å². The van der Waals surface area contributed by atoms with Crippen LogP contribution < -0.4 is 11.3 Å². The highest BCUT2D eigenvalue weighted by Gasteiger charge is 2.43. The number of esters is 1. The number of nitrogens with zero attached hydrogens (tertiary/aromatic N) is 2. The molecule has 3 N–H and O–H groups in total. The van der Waals surface area contributed by atoms with Gasteiger partial charge < -0.3 is 20.1 Å². The van der Waals surface area contributed by atoms with E-state index in [0.717, 1.165) is 22.1 Å². The van der Waals surface area contributed by atoms with Crippen LogP contribution in [0.2, 0.25) is 0 Å². The second-order valence-corrected chi connectivity index (χ2v) is 8.82. The maximum atomic E-state index is 14.6. The van der Waals surface area contributed by atoms with E-state index in [1.807, 2.05) is 13.8 Å². The molecular weight excluding hydrogens is 425 g/mol. The zero-order chi connectivity index (χ0) is 23.8. The van der Waals surface area contributed by atoms with Gasteiger partial charge in [0.1, 0.15) is 12.4 Å². The van der Waals surface area contributed by atoms with Gasteiger partial charge in [-0.05, 0) is 49.4 Å². The summed E-state index contributed by atoms with van der Waals surface area (Å²) in [4.78, 5) is 30.1. The lowest BCUT2D eigenvalue weighted by atomic mass is 9.82. The Kier molecular flexibility index (Phi) is 4.74. The van der Waals surface area contributed by atoms with Crippen molar-refractivity contribution >= 4 is 16.9 Å². The SMILES string of the molecule is CC.Cc1c(F)cc2nc3c(c4c2c1CC[C@@H]4N)Cn1c-3cc2c(c1=O)COC(=O)[C@@]2(C)O. The number of halogens is 1. The predicted octanol–water partition coefficient (Wildman–Crippen LogP) is 3.11. The van der Waals surface area contributed by atoms with Crippen molar-refractivity contribution in [3.8, 4) is 11.4 Å². The van der Waals surface area contributed by atoms with Crippen LogP contribution in [0.5, 0.6) is 0 Å². The van der Waals surface area contributed by atoms with E-state index in [2.05, 4.69) is 0 Å². The molecule has 0 bridgehead atoms. The van der Waals surface area contributed by atoms with Crippen molar-refractivity contribution in [1.82, 2.24) is 9.55 Å². The van der Waals surface area contributed by atoms with Crippen molar-refractivity contribution in [3.63, 3.8) is 0 Å². The van der Waals surface area contributed by atoms with Crippen LogP contribution in [0.4, 0.5) is 4.39 Å². The molecule has 0 radical (unpaired) electrons. The Morgan fingerprint density at radius 3 is 2.70 bits per heavy atom. The Bertz CT molecular complexity index is 1420. The molecule has 0 unspecified atom stereocenters. The lowest BCUT2D eigenvalue weighted by molar-refractivity contribution is -0.169. The first-order valence-corrected chi connectivity index (χ1v) is 11.3. The van der Waals surface area contributed by atoms with Gasteiger partial charge in [0.2, 0.25) is 0 Å². The number of aromatic nitrogens is 2. The maximum Gasteiger partial charge on any atom is 0.342 e. The molecule has 4 heterocycles. The number of fused-ring (bicyclic) bond motifs is 5. The molecule has 172 valence electrons. The average Bonchev–Trinajstić information content (AvgIpc) is 3.16. The lowest BCUT2D eigenvalue weighted by Gasteiger charge is -2.29. The number of aliphatic hydroxyl groups is 1. The van der Waals surface area contributed by atoms with Crippen LogP contribution in [0, 0.1) is 12.7 Å². The Labute approximate surface area is 190 Å². The van der Waals surface area contributed by atoms with E-state index >= 15 is 0 Å². The molecule has 7 nitrogen and oxygen atoms in total. The van der Waals surface area contributed by atoms with E-state index in [-0.39, 0.29) is 41.7 Å². The van der Waals surface area contributed by atoms with Gasteiger partial charge in [0.05, 0.1) is 29.0 Å². The second-order valence-electron chi connectivity index (χ2n) is 8.82. The molecule has 1 aliphatic carbocycles. The molecule has 2 aliphatic heterocycles. The highest BCUT2D eigenvalue weighted by Crippen LogP contribution is 2.44. The first-order chi connectivity index (χ1) is 15.7. The summed E-state index contributed by atoms with van der Waals surface area (Å²) in [5, 5.41) is 11.6. The van der Waals surface area contributed by atoms with Gasteiger partial charge in [-0.3, -0.25) is 4.79 Å². The van der Waals surface area contributed by atoms with Gasteiger partial charge in [0, 0.05) is 28.6 Å². The van der Waals surface area contributed by atoms with Crippen LogP contribution in [0.15, 0.2) is 16.9 Å². The van der Waals surface area contributed by atoms with Gasteiger partial charge in [-0.1, -0.05) is 13.8 Å². The number of cyclic esters (lactones) is 1. The molecule has 6 rings (SSSR count). The van der Waals surface area contributed by atoms with Crippen molar-refractivity contribution < 1.29 is 19.0 Å². The number of rotatable bonds is 0. The van der Waals surface area contributed by atoms with Gasteiger partial charge in [-0.15, -0.1) is 0 Å². The van der Waals surface area contributed by atoms with E-state index in [1.165, 1.54) is 13.0 Å². The van der Waals surface area contributed by atoms with Crippen molar-refractivity contribution in [3.05, 3.63) is 61.7 Å². The number of hydrogen-bond acceptors (Lipinski definition) is 6. The molecule has 2 atom stereocenters. The van der Waals surface area contributed by atoms with E-state index in [1.54, 1.807) is 17.6 Å². The summed E-state index contributed by atoms with van der Waals surface area (Å²) in [5.41, 5.74) is 9.56. The van der Waals surface area contributed by atoms with Gasteiger partial charge >= 0.3 is 5.97 Å². The molecule has 33 heavy (non-hydrogen) atoms. The smallest absolute Gasteiger partial charge is 0.342 e.